The lowest BCUT2D eigenvalue weighted by Gasteiger charge is -2.39. The smallest absolute Gasteiger partial charge is 0.284 e. The van der Waals surface area contributed by atoms with Crippen LogP contribution in [0.15, 0.2) is 29.4 Å². The highest BCUT2D eigenvalue weighted by molar-refractivity contribution is 8.14. The number of methoxy groups -OCH3 is 1. The summed E-state index contributed by atoms with van der Waals surface area (Å²) < 4.78 is 46.6. The summed E-state index contributed by atoms with van der Waals surface area (Å²) in [5, 5.41) is 42.3. The van der Waals surface area contributed by atoms with E-state index >= 15 is 0 Å². The van der Waals surface area contributed by atoms with E-state index in [1.54, 1.807) is 24.3 Å². The molecule has 28 heavy (non-hydrogen) atoms. The minimum atomic E-state index is -5.12. The van der Waals surface area contributed by atoms with Crippen LogP contribution in [0.2, 0.25) is 0 Å². The van der Waals surface area contributed by atoms with Crippen LogP contribution >= 0.6 is 11.8 Å². The maximum absolute atomic E-state index is 10.7. The lowest BCUT2D eigenvalue weighted by atomic mass is 10.0. The van der Waals surface area contributed by atoms with E-state index in [0.29, 0.717) is 23.1 Å². The normalized spacial score (nSPS) is 28.8. The van der Waals surface area contributed by atoms with Crippen LogP contribution in [0.25, 0.3) is 0 Å². The van der Waals surface area contributed by atoms with Crippen molar-refractivity contribution in [1.29, 1.82) is 0 Å². The van der Waals surface area contributed by atoms with Gasteiger partial charge in [-0.2, -0.15) is 8.42 Å². The minimum absolute atomic E-state index is 0.0214. The topological polar surface area (TPSA) is 178 Å². The molecule has 1 fully saturated rings. The molecule has 1 aliphatic rings. The van der Waals surface area contributed by atoms with Gasteiger partial charge in [0.15, 0.2) is 0 Å². The summed E-state index contributed by atoms with van der Waals surface area (Å²) in [6, 6.07) is 6.67. The van der Waals surface area contributed by atoms with Crippen LogP contribution in [0.3, 0.4) is 0 Å². The van der Waals surface area contributed by atoms with Crippen LogP contribution in [-0.4, -0.2) is 82.0 Å². The van der Waals surface area contributed by atoms with E-state index in [4.69, 9.17) is 9.47 Å². The van der Waals surface area contributed by atoms with Gasteiger partial charge in [-0.25, -0.2) is 0 Å². The van der Waals surface area contributed by atoms with Crippen molar-refractivity contribution in [3.63, 3.8) is 0 Å². The highest BCUT2D eigenvalue weighted by atomic mass is 32.3. The predicted octanol–water partition coefficient (Wildman–Crippen LogP) is -1.44. The van der Waals surface area contributed by atoms with E-state index in [-0.39, 0.29) is 11.5 Å². The van der Waals surface area contributed by atoms with Crippen molar-refractivity contribution in [2.45, 2.75) is 36.3 Å². The maximum atomic E-state index is 10.7. The summed E-state index contributed by atoms with van der Waals surface area (Å²) in [5.74, 6) is 0.520. The van der Waals surface area contributed by atoms with Gasteiger partial charge in [0, 0.05) is 6.42 Å². The second-order valence-corrected chi connectivity index (χ2v) is 7.95. The van der Waals surface area contributed by atoms with Crippen LogP contribution in [-0.2, 0) is 25.8 Å². The molecule has 1 aromatic carbocycles. The van der Waals surface area contributed by atoms with Crippen molar-refractivity contribution in [3.05, 3.63) is 29.8 Å². The quantitative estimate of drug-likeness (QED) is 0.129. The Morgan fingerprint density at radius 3 is 2.61 bits per heavy atom. The lowest BCUT2D eigenvalue weighted by Crippen LogP contribution is -2.57. The van der Waals surface area contributed by atoms with Crippen LogP contribution in [0.5, 0.6) is 5.75 Å². The van der Waals surface area contributed by atoms with Crippen LogP contribution in [0.1, 0.15) is 5.56 Å². The van der Waals surface area contributed by atoms with E-state index in [0.717, 1.165) is 0 Å². The maximum Gasteiger partial charge on any atom is 0.284 e. The number of nitrogens with zero attached hydrogens (tertiary/aromatic N) is 1. The van der Waals surface area contributed by atoms with Crippen molar-refractivity contribution < 1.29 is 47.2 Å². The molecule has 0 saturated carbocycles. The Labute approximate surface area is 165 Å². The molecule has 1 saturated heterocycles. The number of hydrogen-bond acceptors (Lipinski definition) is 12. The fraction of sp³-hybridized carbons (Fsp3) is 0.533. The molecule has 0 unspecified atom stereocenters. The number of thioether (sulfide) groups is 1. The van der Waals surface area contributed by atoms with Crippen molar-refractivity contribution in [2.75, 3.05) is 13.7 Å². The third-order valence-corrected chi connectivity index (χ3v) is 5.19. The van der Waals surface area contributed by atoms with Gasteiger partial charge >= 0.3 is 0 Å². The van der Waals surface area contributed by atoms with Gasteiger partial charge in [-0.15, -0.1) is 0 Å². The predicted molar refractivity (Wildman–Crippen MR) is 96.3 cm³/mol. The fourth-order valence-electron chi connectivity index (χ4n) is 2.44. The second-order valence-electron chi connectivity index (χ2n) is 5.81. The van der Waals surface area contributed by atoms with E-state index in [1.807, 2.05) is 0 Å². The number of aliphatic hydroxyl groups excluding tert-OH is 4. The second kappa shape index (κ2) is 9.84. The lowest BCUT2D eigenvalue weighted by molar-refractivity contribution is -0.205. The number of hydrogen-bond donors (Lipinski definition) is 4. The molecule has 1 aromatic rings. The molecule has 5 atom stereocenters. The van der Waals surface area contributed by atoms with Crippen LogP contribution < -0.4 is 4.74 Å². The van der Waals surface area contributed by atoms with Gasteiger partial charge in [-0.3, -0.25) is 4.28 Å². The van der Waals surface area contributed by atoms with Gasteiger partial charge in [0.1, 0.15) is 40.6 Å². The molecule has 158 valence electrons. The Balaban J connectivity index is 2.23. The highest BCUT2D eigenvalue weighted by Gasteiger charge is 2.44. The first-order valence-corrected chi connectivity index (χ1v) is 10.2. The van der Waals surface area contributed by atoms with E-state index in [1.165, 1.54) is 7.11 Å². The van der Waals surface area contributed by atoms with Crippen molar-refractivity contribution in [1.82, 2.24) is 0 Å². The molecule has 0 bridgehead atoms. The summed E-state index contributed by atoms with van der Waals surface area (Å²) in [5.41, 5.74) is -0.611. The van der Waals surface area contributed by atoms with E-state index in [2.05, 4.69) is 9.44 Å². The Kier molecular flexibility index (Phi) is 8.03. The Hall–Kier alpha value is -1.45. The average Bonchev–Trinajstić information content (AvgIpc) is 2.66. The fourth-order valence-corrected chi connectivity index (χ4v) is 3.76. The molecule has 0 spiro atoms. The average molecular weight is 438 g/mol. The van der Waals surface area contributed by atoms with Gasteiger partial charge in [-0.1, -0.05) is 29.1 Å². The Bertz CT molecular complexity index is 785. The van der Waals surface area contributed by atoms with Crippen molar-refractivity contribution >= 4 is 27.2 Å². The SMILES string of the molecule is COc1cccc(C/C(=N\OS(=O)(=O)[O-])S[C@@H]2O[C@H](CO)[C@@H](O)[C@H](O)[C@H]2O)c1. The molecule has 11 nitrogen and oxygen atoms in total. The summed E-state index contributed by atoms with van der Waals surface area (Å²) in [4.78, 5) is 0. The summed E-state index contributed by atoms with van der Waals surface area (Å²) >= 11 is 0.674. The largest absolute Gasteiger partial charge is 0.714 e. The van der Waals surface area contributed by atoms with Crippen molar-refractivity contribution in [2.24, 2.45) is 5.16 Å². The molecule has 0 amide bonds. The molecule has 1 heterocycles. The number of oxime groups is 1. The number of ether oxygens (including phenoxy) is 2. The number of rotatable bonds is 7. The van der Waals surface area contributed by atoms with E-state index in [9.17, 15) is 33.4 Å². The highest BCUT2D eigenvalue weighted by Crippen LogP contribution is 2.30. The zero-order chi connectivity index (χ0) is 20.9. The zero-order valence-corrected chi connectivity index (χ0v) is 16.2. The van der Waals surface area contributed by atoms with Gasteiger partial charge in [-0.05, 0) is 17.7 Å². The molecular formula is C15H20NO10S2-. The molecule has 2 rings (SSSR count). The number of aliphatic hydroxyl groups is 4. The molecular weight excluding hydrogens is 418 g/mol. The summed E-state index contributed by atoms with van der Waals surface area (Å²) in [6.07, 6.45) is -5.92. The first kappa shape index (κ1) is 22.8. The Morgan fingerprint density at radius 1 is 1.29 bits per heavy atom. The van der Waals surface area contributed by atoms with Gasteiger partial charge in [0.25, 0.3) is 10.4 Å². The van der Waals surface area contributed by atoms with Crippen LogP contribution in [0.4, 0.5) is 0 Å². The number of benzene rings is 1. The third kappa shape index (κ3) is 6.28. The first-order valence-electron chi connectivity index (χ1n) is 7.96. The zero-order valence-electron chi connectivity index (χ0n) is 14.6. The van der Waals surface area contributed by atoms with Gasteiger partial charge < -0.3 is 34.5 Å². The molecule has 0 radical (unpaired) electrons. The monoisotopic (exact) mass is 438 g/mol. The Morgan fingerprint density at radius 2 is 2.00 bits per heavy atom. The standard InChI is InChI=1S/C15H21NO10S2/c1-24-9-4-2-3-8(5-9)6-11(16-26-28(21,22)23)27-15-14(20)13(19)12(18)10(7-17)25-15/h2-5,10,12-15,17-20H,6-7H2,1H3,(H,21,22,23)/p-1/b16-11+/t10-,12-,13+,14-,15+/m1/s1. The molecule has 1 aliphatic heterocycles. The molecule has 13 heteroatoms. The van der Waals surface area contributed by atoms with Crippen molar-refractivity contribution in [3.8, 4) is 5.75 Å². The van der Waals surface area contributed by atoms with Gasteiger partial charge in [0.2, 0.25) is 0 Å². The first-order chi connectivity index (χ1) is 13.1. The van der Waals surface area contributed by atoms with Crippen LogP contribution in [0, 0.1) is 0 Å². The van der Waals surface area contributed by atoms with E-state index < -0.39 is 46.9 Å². The summed E-state index contributed by atoms with van der Waals surface area (Å²) in [7, 11) is -3.66. The third-order valence-electron chi connectivity index (χ3n) is 3.82. The minimum Gasteiger partial charge on any atom is -0.714 e. The molecule has 0 aromatic heterocycles. The van der Waals surface area contributed by atoms with Gasteiger partial charge in [0.05, 0.1) is 13.7 Å². The molecule has 0 aliphatic carbocycles. The molecule has 4 N–H and O–H groups in total. The summed E-state index contributed by atoms with van der Waals surface area (Å²) in [6.45, 7) is -0.629.